The summed E-state index contributed by atoms with van der Waals surface area (Å²) >= 11 is 11.9. The molecule has 0 fully saturated rings. The van der Waals surface area contributed by atoms with Gasteiger partial charge in [0.2, 0.25) is 5.75 Å². The highest BCUT2D eigenvalue weighted by atomic mass is 35.5. The Bertz CT molecular complexity index is 760. The van der Waals surface area contributed by atoms with E-state index < -0.39 is 0 Å². The van der Waals surface area contributed by atoms with Crippen LogP contribution >= 0.6 is 23.2 Å². The third kappa shape index (κ3) is 4.02. The lowest BCUT2D eigenvalue weighted by Crippen LogP contribution is -1.97. The van der Waals surface area contributed by atoms with Gasteiger partial charge in [-0.05, 0) is 42.0 Å². The van der Waals surface area contributed by atoms with Crippen molar-refractivity contribution in [3.8, 4) is 17.2 Å². The fourth-order valence-electron chi connectivity index (χ4n) is 2.15. The minimum absolute atomic E-state index is 0.231. The third-order valence-electron chi connectivity index (χ3n) is 3.31. The lowest BCUT2D eigenvalue weighted by molar-refractivity contribution is 0.104. The van der Waals surface area contributed by atoms with Crippen LogP contribution in [0.5, 0.6) is 17.2 Å². The number of allylic oxidation sites excluding steroid dienone is 1. The third-order valence-corrected chi connectivity index (χ3v) is 3.86. The molecular formula is C18H16Cl2O4. The van der Waals surface area contributed by atoms with Crippen molar-refractivity contribution in [2.75, 3.05) is 21.3 Å². The highest BCUT2D eigenvalue weighted by Crippen LogP contribution is 2.38. The Kier molecular flexibility index (Phi) is 6.12. The molecule has 2 rings (SSSR count). The zero-order valence-electron chi connectivity index (χ0n) is 13.4. The van der Waals surface area contributed by atoms with Crippen LogP contribution in [0.4, 0.5) is 0 Å². The molecule has 0 spiro atoms. The van der Waals surface area contributed by atoms with Crippen LogP contribution in [0.25, 0.3) is 6.08 Å². The molecule has 0 saturated heterocycles. The van der Waals surface area contributed by atoms with Crippen molar-refractivity contribution in [2.24, 2.45) is 0 Å². The van der Waals surface area contributed by atoms with E-state index in [4.69, 9.17) is 37.4 Å². The van der Waals surface area contributed by atoms with Gasteiger partial charge in [-0.3, -0.25) is 4.79 Å². The molecule has 6 heteroatoms. The van der Waals surface area contributed by atoms with Gasteiger partial charge < -0.3 is 14.2 Å². The molecule has 0 aromatic heterocycles. The number of ether oxygens (including phenoxy) is 3. The number of methoxy groups -OCH3 is 3. The summed E-state index contributed by atoms with van der Waals surface area (Å²) < 4.78 is 15.8. The maximum Gasteiger partial charge on any atom is 0.203 e. The smallest absolute Gasteiger partial charge is 0.203 e. The molecule has 0 bridgehead atoms. The first-order valence-electron chi connectivity index (χ1n) is 6.97. The maximum atomic E-state index is 12.3. The predicted octanol–water partition coefficient (Wildman–Crippen LogP) is 4.92. The molecule has 2 aromatic rings. The number of hydrogen-bond acceptors (Lipinski definition) is 4. The first-order valence-corrected chi connectivity index (χ1v) is 7.73. The van der Waals surface area contributed by atoms with E-state index in [0.29, 0.717) is 32.9 Å². The standard InChI is InChI=1S/C18H16Cl2O4/c1-22-16-8-11(9-17(23-2)18(16)24-3)4-7-15(21)13-6-5-12(19)10-14(13)20/h4-10H,1-3H3. The van der Waals surface area contributed by atoms with Gasteiger partial charge in [0.1, 0.15) is 0 Å². The van der Waals surface area contributed by atoms with E-state index in [-0.39, 0.29) is 5.78 Å². The van der Waals surface area contributed by atoms with Gasteiger partial charge in [-0.1, -0.05) is 29.3 Å². The van der Waals surface area contributed by atoms with Gasteiger partial charge >= 0.3 is 0 Å². The largest absolute Gasteiger partial charge is 0.493 e. The van der Waals surface area contributed by atoms with Gasteiger partial charge in [0, 0.05) is 10.6 Å². The van der Waals surface area contributed by atoms with Crippen LogP contribution in [-0.2, 0) is 0 Å². The van der Waals surface area contributed by atoms with Crippen LogP contribution < -0.4 is 14.2 Å². The summed E-state index contributed by atoms with van der Waals surface area (Å²) in [6.07, 6.45) is 3.08. The molecule has 0 aliphatic rings. The number of rotatable bonds is 6. The second kappa shape index (κ2) is 8.08. The highest BCUT2D eigenvalue weighted by Gasteiger charge is 2.13. The molecule has 24 heavy (non-hydrogen) atoms. The van der Waals surface area contributed by atoms with Crippen LogP contribution in [0, 0.1) is 0 Å². The monoisotopic (exact) mass is 366 g/mol. The van der Waals surface area contributed by atoms with E-state index >= 15 is 0 Å². The van der Waals surface area contributed by atoms with Crippen molar-refractivity contribution in [3.05, 3.63) is 57.6 Å². The van der Waals surface area contributed by atoms with E-state index in [1.54, 1.807) is 30.3 Å². The number of carbonyl (C=O) groups is 1. The lowest BCUT2D eigenvalue weighted by atomic mass is 10.1. The van der Waals surface area contributed by atoms with Gasteiger partial charge in [-0.25, -0.2) is 0 Å². The summed E-state index contributed by atoms with van der Waals surface area (Å²) in [5, 5.41) is 0.784. The average molecular weight is 367 g/mol. The minimum atomic E-state index is -0.231. The number of carbonyl (C=O) groups excluding carboxylic acids is 1. The Balaban J connectivity index is 2.32. The first-order chi connectivity index (χ1) is 11.5. The van der Waals surface area contributed by atoms with E-state index in [9.17, 15) is 4.79 Å². The quantitative estimate of drug-likeness (QED) is 0.537. The summed E-state index contributed by atoms with van der Waals surface area (Å²) in [5.74, 6) is 1.27. The van der Waals surface area contributed by atoms with Crippen LogP contribution in [-0.4, -0.2) is 27.1 Å². The van der Waals surface area contributed by atoms with Crippen molar-refractivity contribution in [1.82, 2.24) is 0 Å². The molecule has 0 unspecified atom stereocenters. The molecule has 4 nitrogen and oxygen atoms in total. The van der Waals surface area contributed by atoms with Crippen molar-refractivity contribution in [1.29, 1.82) is 0 Å². The van der Waals surface area contributed by atoms with E-state index in [1.807, 2.05) is 0 Å². The van der Waals surface area contributed by atoms with Crippen LogP contribution in [0.15, 0.2) is 36.4 Å². The minimum Gasteiger partial charge on any atom is -0.493 e. The molecule has 0 heterocycles. The molecule has 2 aromatic carbocycles. The molecule has 0 radical (unpaired) electrons. The topological polar surface area (TPSA) is 44.8 Å². The number of ketones is 1. The van der Waals surface area contributed by atoms with Gasteiger partial charge in [-0.15, -0.1) is 0 Å². The normalized spacial score (nSPS) is 10.7. The summed E-state index contributed by atoms with van der Waals surface area (Å²) in [6.45, 7) is 0. The van der Waals surface area contributed by atoms with E-state index in [2.05, 4.69) is 0 Å². The van der Waals surface area contributed by atoms with Crippen LogP contribution in [0.1, 0.15) is 15.9 Å². The summed E-state index contributed by atoms with van der Waals surface area (Å²) in [5.41, 5.74) is 1.10. The number of halogens is 2. The summed E-state index contributed by atoms with van der Waals surface area (Å²) in [6, 6.07) is 8.23. The molecule has 0 aliphatic carbocycles. The number of hydrogen-bond donors (Lipinski definition) is 0. The Morgan fingerprint density at radius 3 is 2.08 bits per heavy atom. The van der Waals surface area contributed by atoms with Gasteiger partial charge in [0.25, 0.3) is 0 Å². The van der Waals surface area contributed by atoms with E-state index in [0.717, 1.165) is 5.56 Å². The zero-order chi connectivity index (χ0) is 17.7. The summed E-state index contributed by atoms with van der Waals surface area (Å²) in [7, 11) is 4.59. The van der Waals surface area contributed by atoms with E-state index in [1.165, 1.54) is 33.5 Å². The second-order valence-corrected chi connectivity index (χ2v) is 5.62. The van der Waals surface area contributed by atoms with Gasteiger partial charge in [0.05, 0.1) is 26.4 Å². The molecule has 0 N–H and O–H groups in total. The van der Waals surface area contributed by atoms with Crippen LogP contribution in [0.3, 0.4) is 0 Å². The SMILES string of the molecule is COc1cc(C=CC(=O)c2ccc(Cl)cc2Cl)cc(OC)c1OC. The Labute approximate surface area is 150 Å². The Morgan fingerprint density at radius 1 is 0.958 bits per heavy atom. The van der Waals surface area contributed by atoms with Crippen molar-refractivity contribution >= 4 is 35.1 Å². The molecule has 0 saturated carbocycles. The molecule has 0 amide bonds. The first kappa shape index (κ1) is 18.2. The number of benzene rings is 2. The second-order valence-electron chi connectivity index (χ2n) is 4.78. The highest BCUT2D eigenvalue weighted by molar-refractivity contribution is 6.37. The zero-order valence-corrected chi connectivity index (χ0v) is 14.9. The molecule has 0 aliphatic heterocycles. The maximum absolute atomic E-state index is 12.3. The fourth-order valence-corrected chi connectivity index (χ4v) is 2.65. The van der Waals surface area contributed by atoms with Crippen molar-refractivity contribution in [2.45, 2.75) is 0 Å². The Morgan fingerprint density at radius 2 is 1.58 bits per heavy atom. The molecule has 126 valence electrons. The molecular weight excluding hydrogens is 351 g/mol. The van der Waals surface area contributed by atoms with Gasteiger partial charge in [-0.2, -0.15) is 0 Å². The summed E-state index contributed by atoms with van der Waals surface area (Å²) in [4.78, 5) is 12.3. The van der Waals surface area contributed by atoms with Crippen molar-refractivity contribution in [3.63, 3.8) is 0 Å². The van der Waals surface area contributed by atoms with Crippen LogP contribution in [0.2, 0.25) is 10.0 Å². The Hall–Kier alpha value is -2.17. The molecule has 0 atom stereocenters. The average Bonchev–Trinajstić information content (AvgIpc) is 2.58. The lowest BCUT2D eigenvalue weighted by Gasteiger charge is -2.12. The van der Waals surface area contributed by atoms with Crippen molar-refractivity contribution < 1.29 is 19.0 Å². The fraction of sp³-hybridized carbons (Fsp3) is 0.167. The van der Waals surface area contributed by atoms with Gasteiger partial charge in [0.15, 0.2) is 17.3 Å². The predicted molar refractivity (Wildman–Crippen MR) is 95.9 cm³/mol.